The number of carbonyl (C=O) groups is 2. The molecule has 5 nitrogen and oxygen atoms in total. The molecule has 1 atom stereocenters. The molecule has 19 heavy (non-hydrogen) atoms. The number of aliphatic carboxylic acids is 1. The summed E-state index contributed by atoms with van der Waals surface area (Å²) >= 11 is 3.31. The summed E-state index contributed by atoms with van der Waals surface area (Å²) in [5.74, 6) is -1.29. The predicted molar refractivity (Wildman–Crippen MR) is 73.8 cm³/mol. The number of halogens is 1. The van der Waals surface area contributed by atoms with Crippen LogP contribution in [0.5, 0.6) is 0 Å². The number of amides is 1. The van der Waals surface area contributed by atoms with Crippen LogP contribution in [0.2, 0.25) is 0 Å². The fourth-order valence-corrected chi connectivity index (χ4v) is 1.82. The summed E-state index contributed by atoms with van der Waals surface area (Å²) in [6.07, 6.45) is -0.167. The van der Waals surface area contributed by atoms with Crippen molar-refractivity contribution in [2.24, 2.45) is 0 Å². The van der Waals surface area contributed by atoms with Gasteiger partial charge in [0.05, 0.1) is 12.5 Å². The first kappa shape index (κ1) is 15.7. The molecule has 104 valence electrons. The van der Waals surface area contributed by atoms with E-state index in [1.54, 1.807) is 31.2 Å². The number of carboxylic acid groups (broad SMARTS) is 1. The Morgan fingerprint density at radius 2 is 2.00 bits per heavy atom. The maximum atomic E-state index is 11.6. The molecule has 0 radical (unpaired) electrons. The van der Waals surface area contributed by atoms with E-state index < -0.39 is 12.0 Å². The number of hydrogen-bond acceptors (Lipinski definition) is 3. The second-order valence-corrected chi connectivity index (χ2v) is 4.82. The Balaban J connectivity index is 2.74. The Labute approximate surface area is 120 Å². The number of hydrogen-bond donors (Lipinski definition) is 2. The van der Waals surface area contributed by atoms with Crippen LogP contribution in [0.25, 0.3) is 0 Å². The highest BCUT2D eigenvalue weighted by Crippen LogP contribution is 2.19. The molecule has 0 saturated carbocycles. The monoisotopic (exact) mass is 329 g/mol. The number of nitrogens with one attached hydrogen (secondary N) is 1. The molecule has 0 aliphatic rings. The maximum Gasteiger partial charge on any atom is 0.305 e. The van der Waals surface area contributed by atoms with Gasteiger partial charge >= 0.3 is 5.97 Å². The van der Waals surface area contributed by atoms with Gasteiger partial charge in [-0.1, -0.05) is 28.1 Å². The minimum absolute atomic E-state index is 0.0663. The lowest BCUT2D eigenvalue weighted by molar-refractivity contribution is -0.138. The van der Waals surface area contributed by atoms with E-state index in [-0.39, 0.29) is 18.9 Å². The number of benzene rings is 1. The molecular weight excluding hydrogens is 314 g/mol. The van der Waals surface area contributed by atoms with E-state index in [9.17, 15) is 9.59 Å². The molecule has 1 amide bonds. The van der Waals surface area contributed by atoms with Crippen molar-refractivity contribution in [3.8, 4) is 0 Å². The summed E-state index contributed by atoms with van der Waals surface area (Å²) in [6.45, 7) is 2.16. The highest BCUT2D eigenvalue weighted by atomic mass is 79.9. The maximum absolute atomic E-state index is 11.6. The summed E-state index contributed by atoms with van der Waals surface area (Å²) in [7, 11) is 0. The number of rotatable bonds is 7. The molecule has 2 N–H and O–H groups in total. The van der Waals surface area contributed by atoms with Crippen molar-refractivity contribution in [2.45, 2.75) is 19.4 Å². The van der Waals surface area contributed by atoms with Crippen molar-refractivity contribution in [1.29, 1.82) is 0 Å². The van der Waals surface area contributed by atoms with E-state index in [0.717, 1.165) is 10.0 Å². The molecule has 0 aliphatic heterocycles. The largest absolute Gasteiger partial charge is 0.481 e. The lowest BCUT2D eigenvalue weighted by Crippen LogP contribution is -2.33. The highest BCUT2D eigenvalue weighted by molar-refractivity contribution is 9.10. The third-order valence-electron chi connectivity index (χ3n) is 2.42. The van der Waals surface area contributed by atoms with Crippen molar-refractivity contribution >= 4 is 27.8 Å². The first-order valence-corrected chi connectivity index (χ1v) is 6.66. The second-order valence-electron chi connectivity index (χ2n) is 3.91. The van der Waals surface area contributed by atoms with Crippen LogP contribution in [0.3, 0.4) is 0 Å². The Morgan fingerprint density at radius 3 is 2.53 bits per heavy atom. The van der Waals surface area contributed by atoms with Crippen LogP contribution >= 0.6 is 15.9 Å². The fraction of sp³-hybridized carbons (Fsp3) is 0.385. The van der Waals surface area contributed by atoms with Gasteiger partial charge in [-0.25, -0.2) is 0 Å². The summed E-state index contributed by atoms with van der Waals surface area (Å²) in [4.78, 5) is 22.4. The van der Waals surface area contributed by atoms with Gasteiger partial charge in [-0.05, 0) is 24.6 Å². The molecule has 0 aliphatic carbocycles. The first-order chi connectivity index (χ1) is 9.02. The first-order valence-electron chi connectivity index (χ1n) is 5.87. The minimum atomic E-state index is -0.968. The van der Waals surface area contributed by atoms with Gasteiger partial charge in [0, 0.05) is 11.1 Å². The van der Waals surface area contributed by atoms with Gasteiger partial charge in [-0.2, -0.15) is 0 Å². The summed E-state index contributed by atoms with van der Waals surface area (Å²) in [5.41, 5.74) is 0.746. The molecule has 1 aromatic carbocycles. The van der Waals surface area contributed by atoms with Gasteiger partial charge in [0.15, 0.2) is 0 Å². The van der Waals surface area contributed by atoms with Crippen LogP contribution in [0.4, 0.5) is 0 Å². The van der Waals surface area contributed by atoms with Gasteiger partial charge in [0.2, 0.25) is 5.91 Å². The van der Waals surface area contributed by atoms with Crippen molar-refractivity contribution in [3.63, 3.8) is 0 Å². The minimum Gasteiger partial charge on any atom is -0.481 e. The summed E-state index contributed by atoms with van der Waals surface area (Å²) in [5, 5.41) is 11.6. The molecule has 6 heteroatoms. The lowest BCUT2D eigenvalue weighted by atomic mass is 10.0. The molecule has 0 heterocycles. The zero-order chi connectivity index (χ0) is 14.3. The standard InChI is InChI=1S/C13H16BrNO4/c1-2-19-8-12(16)15-11(7-13(17)18)9-3-5-10(14)6-4-9/h3-6,11H,2,7-8H2,1H3,(H,15,16)(H,17,18). The molecule has 0 saturated heterocycles. The van der Waals surface area contributed by atoms with Crippen LogP contribution in [-0.2, 0) is 14.3 Å². The second kappa shape index (κ2) is 7.91. The zero-order valence-electron chi connectivity index (χ0n) is 10.6. The summed E-state index contributed by atoms with van der Waals surface area (Å²) in [6, 6.07) is 6.60. The van der Waals surface area contributed by atoms with E-state index >= 15 is 0 Å². The third kappa shape index (κ3) is 5.85. The zero-order valence-corrected chi connectivity index (χ0v) is 12.1. The number of carboxylic acids is 1. The molecule has 1 unspecified atom stereocenters. The van der Waals surface area contributed by atoms with Gasteiger partial charge in [-0.15, -0.1) is 0 Å². The average Bonchev–Trinajstić information content (AvgIpc) is 2.36. The fourth-order valence-electron chi connectivity index (χ4n) is 1.55. The number of ether oxygens (including phenoxy) is 1. The Morgan fingerprint density at radius 1 is 1.37 bits per heavy atom. The van der Waals surface area contributed by atoms with Crippen molar-refractivity contribution in [1.82, 2.24) is 5.32 Å². The quantitative estimate of drug-likeness (QED) is 0.803. The van der Waals surface area contributed by atoms with E-state index in [1.165, 1.54) is 0 Å². The molecule has 1 rings (SSSR count). The number of carbonyl (C=O) groups excluding carboxylic acids is 1. The van der Waals surface area contributed by atoms with Crippen LogP contribution in [0, 0.1) is 0 Å². The van der Waals surface area contributed by atoms with Crippen LogP contribution in [0.1, 0.15) is 24.9 Å². The molecule has 0 fully saturated rings. The van der Waals surface area contributed by atoms with E-state index in [1.807, 2.05) is 0 Å². The third-order valence-corrected chi connectivity index (χ3v) is 2.95. The Bertz CT molecular complexity index is 433. The SMILES string of the molecule is CCOCC(=O)NC(CC(=O)O)c1ccc(Br)cc1. The van der Waals surface area contributed by atoms with Crippen LogP contribution < -0.4 is 5.32 Å². The molecule has 0 aromatic heterocycles. The van der Waals surface area contributed by atoms with Gasteiger partial charge in [-0.3, -0.25) is 9.59 Å². The Hall–Kier alpha value is -1.40. The van der Waals surface area contributed by atoms with Gasteiger partial charge < -0.3 is 15.2 Å². The smallest absolute Gasteiger partial charge is 0.305 e. The summed E-state index contributed by atoms with van der Waals surface area (Å²) < 4.78 is 5.88. The van der Waals surface area contributed by atoms with Crippen LogP contribution in [0.15, 0.2) is 28.7 Å². The predicted octanol–water partition coefficient (Wildman–Crippen LogP) is 2.12. The van der Waals surface area contributed by atoms with Crippen molar-refractivity contribution < 1.29 is 19.4 Å². The average molecular weight is 330 g/mol. The van der Waals surface area contributed by atoms with Crippen molar-refractivity contribution in [2.75, 3.05) is 13.2 Å². The van der Waals surface area contributed by atoms with Crippen LogP contribution in [-0.4, -0.2) is 30.2 Å². The molecule has 0 spiro atoms. The molecule has 1 aromatic rings. The van der Waals surface area contributed by atoms with E-state index in [0.29, 0.717) is 6.61 Å². The Kier molecular flexibility index (Phi) is 6.52. The highest BCUT2D eigenvalue weighted by Gasteiger charge is 2.17. The van der Waals surface area contributed by atoms with E-state index in [2.05, 4.69) is 21.2 Å². The van der Waals surface area contributed by atoms with Gasteiger partial charge in [0.1, 0.15) is 6.61 Å². The van der Waals surface area contributed by atoms with E-state index in [4.69, 9.17) is 9.84 Å². The normalized spacial score (nSPS) is 11.9. The molecular formula is C13H16BrNO4. The van der Waals surface area contributed by atoms with Gasteiger partial charge in [0.25, 0.3) is 0 Å². The lowest BCUT2D eigenvalue weighted by Gasteiger charge is -2.17. The molecule has 0 bridgehead atoms. The van der Waals surface area contributed by atoms with Crippen molar-refractivity contribution in [3.05, 3.63) is 34.3 Å². The topological polar surface area (TPSA) is 75.6 Å².